The standard InChI is InChI=1S/C19H24N4O2/c20-16(19(24)25)9-13-5-7-15(8-6-13)17-11-23-18(12-21-17)22-10-14-3-1-2-4-14/h5-8,11-12,14,16H,1-4,9-10,20H2,(H,22,23)(H,24,25)/t16-/m0/s1. The van der Waals surface area contributed by atoms with Gasteiger partial charge in [-0.05, 0) is 30.7 Å². The molecule has 1 fully saturated rings. The highest BCUT2D eigenvalue weighted by Gasteiger charge is 2.15. The van der Waals surface area contributed by atoms with Gasteiger partial charge in [0.05, 0.1) is 18.1 Å². The van der Waals surface area contributed by atoms with Gasteiger partial charge in [-0.3, -0.25) is 9.78 Å². The number of rotatable bonds is 7. The van der Waals surface area contributed by atoms with E-state index in [1.165, 1.54) is 25.7 Å². The van der Waals surface area contributed by atoms with Crippen LogP contribution in [0.2, 0.25) is 0 Å². The van der Waals surface area contributed by atoms with Crippen molar-refractivity contribution < 1.29 is 9.90 Å². The van der Waals surface area contributed by atoms with E-state index in [9.17, 15) is 4.79 Å². The molecule has 6 heteroatoms. The molecule has 0 radical (unpaired) electrons. The molecule has 6 nitrogen and oxygen atoms in total. The highest BCUT2D eigenvalue weighted by atomic mass is 16.4. The molecule has 0 saturated heterocycles. The highest BCUT2D eigenvalue weighted by Crippen LogP contribution is 2.25. The van der Waals surface area contributed by atoms with Crippen LogP contribution in [0.4, 0.5) is 5.82 Å². The monoisotopic (exact) mass is 340 g/mol. The Morgan fingerprint density at radius 1 is 1.20 bits per heavy atom. The number of nitrogens with zero attached hydrogens (tertiary/aromatic N) is 2. The lowest BCUT2D eigenvalue weighted by molar-refractivity contribution is -0.138. The van der Waals surface area contributed by atoms with Gasteiger partial charge in [-0.15, -0.1) is 0 Å². The third kappa shape index (κ3) is 4.76. The second-order valence-corrected chi connectivity index (χ2v) is 6.66. The van der Waals surface area contributed by atoms with Crippen molar-refractivity contribution in [2.75, 3.05) is 11.9 Å². The summed E-state index contributed by atoms with van der Waals surface area (Å²) >= 11 is 0. The molecule has 132 valence electrons. The number of carbonyl (C=O) groups is 1. The van der Waals surface area contributed by atoms with Crippen molar-refractivity contribution in [3.8, 4) is 11.3 Å². The summed E-state index contributed by atoms with van der Waals surface area (Å²) in [6, 6.07) is 6.72. The summed E-state index contributed by atoms with van der Waals surface area (Å²) in [6.45, 7) is 0.965. The summed E-state index contributed by atoms with van der Waals surface area (Å²) in [5, 5.41) is 12.2. The Hall–Kier alpha value is -2.47. The van der Waals surface area contributed by atoms with Crippen molar-refractivity contribution >= 4 is 11.8 Å². The fourth-order valence-corrected chi connectivity index (χ4v) is 3.18. The van der Waals surface area contributed by atoms with E-state index in [1.807, 2.05) is 24.3 Å². The van der Waals surface area contributed by atoms with E-state index < -0.39 is 12.0 Å². The molecule has 1 atom stereocenters. The summed E-state index contributed by atoms with van der Waals surface area (Å²) < 4.78 is 0. The third-order valence-corrected chi connectivity index (χ3v) is 4.72. The van der Waals surface area contributed by atoms with Crippen LogP contribution in [-0.2, 0) is 11.2 Å². The van der Waals surface area contributed by atoms with Crippen molar-refractivity contribution in [1.29, 1.82) is 0 Å². The number of hydrogen-bond acceptors (Lipinski definition) is 5. The molecule has 3 rings (SSSR count). The molecule has 1 saturated carbocycles. The Labute approximate surface area is 147 Å². The molecule has 1 aliphatic carbocycles. The van der Waals surface area contributed by atoms with E-state index in [-0.39, 0.29) is 0 Å². The summed E-state index contributed by atoms with van der Waals surface area (Å²) in [4.78, 5) is 19.7. The van der Waals surface area contributed by atoms with Crippen molar-refractivity contribution in [2.45, 2.75) is 38.1 Å². The fraction of sp³-hybridized carbons (Fsp3) is 0.421. The summed E-state index contributed by atoms with van der Waals surface area (Å²) in [6.07, 6.45) is 9.11. The number of carboxylic acids is 1. The van der Waals surface area contributed by atoms with Crippen molar-refractivity contribution in [3.63, 3.8) is 0 Å². The van der Waals surface area contributed by atoms with Crippen LogP contribution in [0.3, 0.4) is 0 Å². The second-order valence-electron chi connectivity index (χ2n) is 6.66. The van der Waals surface area contributed by atoms with E-state index in [1.54, 1.807) is 12.4 Å². The number of carboxylic acid groups (broad SMARTS) is 1. The third-order valence-electron chi connectivity index (χ3n) is 4.72. The first-order chi connectivity index (χ1) is 12.1. The van der Waals surface area contributed by atoms with Gasteiger partial charge >= 0.3 is 5.97 Å². The molecule has 1 aliphatic rings. The Bertz CT molecular complexity index is 694. The number of aromatic nitrogens is 2. The van der Waals surface area contributed by atoms with Crippen LogP contribution < -0.4 is 11.1 Å². The van der Waals surface area contributed by atoms with Gasteiger partial charge in [0.1, 0.15) is 11.9 Å². The van der Waals surface area contributed by atoms with Crippen molar-refractivity contribution in [3.05, 3.63) is 42.2 Å². The number of aliphatic carboxylic acids is 1. The van der Waals surface area contributed by atoms with Crippen LogP contribution in [0.25, 0.3) is 11.3 Å². The summed E-state index contributed by atoms with van der Waals surface area (Å²) in [5.41, 5.74) is 8.19. The molecule has 2 aromatic rings. The van der Waals surface area contributed by atoms with Crippen LogP contribution in [0.5, 0.6) is 0 Å². The van der Waals surface area contributed by atoms with Gasteiger partial charge in [0.2, 0.25) is 0 Å². The molecule has 25 heavy (non-hydrogen) atoms. The van der Waals surface area contributed by atoms with Crippen LogP contribution in [0.15, 0.2) is 36.7 Å². The number of nitrogens with one attached hydrogen (secondary N) is 1. The van der Waals surface area contributed by atoms with E-state index in [2.05, 4.69) is 15.3 Å². The van der Waals surface area contributed by atoms with Gasteiger partial charge in [0.25, 0.3) is 0 Å². The minimum Gasteiger partial charge on any atom is -0.480 e. The van der Waals surface area contributed by atoms with E-state index >= 15 is 0 Å². The second kappa shape index (κ2) is 8.07. The Kier molecular flexibility index (Phi) is 5.60. The quantitative estimate of drug-likeness (QED) is 0.716. The topological polar surface area (TPSA) is 101 Å². The maximum absolute atomic E-state index is 10.8. The van der Waals surface area contributed by atoms with Crippen LogP contribution in [-0.4, -0.2) is 33.6 Å². The largest absolute Gasteiger partial charge is 0.480 e. The lowest BCUT2D eigenvalue weighted by atomic mass is 10.0. The first-order valence-corrected chi connectivity index (χ1v) is 8.75. The van der Waals surface area contributed by atoms with Gasteiger partial charge in [0, 0.05) is 12.1 Å². The zero-order valence-electron chi connectivity index (χ0n) is 14.2. The lowest BCUT2D eigenvalue weighted by Gasteiger charge is -2.11. The SMILES string of the molecule is N[C@@H](Cc1ccc(-c2cnc(NCC3CCCC3)cn2)cc1)C(=O)O. The first kappa shape index (κ1) is 17.4. The van der Waals surface area contributed by atoms with Crippen LogP contribution in [0.1, 0.15) is 31.2 Å². The minimum absolute atomic E-state index is 0.311. The molecule has 0 spiro atoms. The Morgan fingerprint density at radius 2 is 1.92 bits per heavy atom. The average molecular weight is 340 g/mol. The number of anilines is 1. The lowest BCUT2D eigenvalue weighted by Crippen LogP contribution is -2.32. The summed E-state index contributed by atoms with van der Waals surface area (Å²) in [5.74, 6) is 0.571. The van der Waals surface area contributed by atoms with Crippen LogP contribution >= 0.6 is 0 Å². The van der Waals surface area contributed by atoms with E-state index in [0.29, 0.717) is 6.42 Å². The Balaban J connectivity index is 1.58. The van der Waals surface area contributed by atoms with Gasteiger partial charge in [-0.1, -0.05) is 37.1 Å². The number of nitrogens with two attached hydrogens (primary N) is 1. The predicted octanol–water partition coefficient (Wildman–Crippen LogP) is 2.70. The van der Waals surface area contributed by atoms with E-state index in [0.717, 1.165) is 35.1 Å². The molecule has 1 aromatic carbocycles. The minimum atomic E-state index is -0.990. The smallest absolute Gasteiger partial charge is 0.320 e. The van der Waals surface area contributed by atoms with E-state index in [4.69, 9.17) is 10.8 Å². The molecule has 0 aliphatic heterocycles. The van der Waals surface area contributed by atoms with Gasteiger partial charge in [0.15, 0.2) is 0 Å². The van der Waals surface area contributed by atoms with Gasteiger partial charge in [-0.25, -0.2) is 4.98 Å². The predicted molar refractivity (Wildman–Crippen MR) is 97.2 cm³/mol. The molecule has 0 unspecified atom stereocenters. The average Bonchev–Trinajstić information content (AvgIpc) is 3.14. The van der Waals surface area contributed by atoms with Crippen molar-refractivity contribution in [2.24, 2.45) is 11.7 Å². The maximum Gasteiger partial charge on any atom is 0.320 e. The molecule has 1 aromatic heterocycles. The first-order valence-electron chi connectivity index (χ1n) is 8.75. The fourth-order valence-electron chi connectivity index (χ4n) is 3.18. The number of benzene rings is 1. The molecular weight excluding hydrogens is 316 g/mol. The molecule has 4 N–H and O–H groups in total. The molecule has 0 bridgehead atoms. The summed E-state index contributed by atoms with van der Waals surface area (Å²) in [7, 11) is 0. The number of hydrogen-bond donors (Lipinski definition) is 3. The normalized spacial score (nSPS) is 15.9. The van der Waals surface area contributed by atoms with Gasteiger partial charge < -0.3 is 16.2 Å². The Morgan fingerprint density at radius 3 is 2.52 bits per heavy atom. The molecule has 0 amide bonds. The zero-order chi connectivity index (χ0) is 17.6. The molecular formula is C19H24N4O2. The van der Waals surface area contributed by atoms with Crippen LogP contribution in [0, 0.1) is 5.92 Å². The molecule has 1 heterocycles. The van der Waals surface area contributed by atoms with Crippen molar-refractivity contribution in [1.82, 2.24) is 9.97 Å². The van der Waals surface area contributed by atoms with Gasteiger partial charge in [-0.2, -0.15) is 0 Å². The zero-order valence-corrected chi connectivity index (χ0v) is 14.2. The highest BCUT2D eigenvalue weighted by molar-refractivity contribution is 5.73. The maximum atomic E-state index is 10.8.